The van der Waals surface area contributed by atoms with Crippen LogP contribution in [0.4, 0.5) is 10.7 Å². The quantitative estimate of drug-likeness (QED) is 0.329. The number of aromatic nitrogens is 1. The van der Waals surface area contributed by atoms with Crippen molar-refractivity contribution in [1.29, 1.82) is 0 Å². The van der Waals surface area contributed by atoms with Crippen LogP contribution < -0.4 is 0 Å². The number of thiophene rings is 1. The van der Waals surface area contributed by atoms with Gasteiger partial charge in [-0.15, -0.1) is 21.6 Å². The lowest BCUT2D eigenvalue weighted by Crippen LogP contribution is -1.82. The van der Waals surface area contributed by atoms with E-state index in [2.05, 4.69) is 62.9 Å². The van der Waals surface area contributed by atoms with E-state index in [1.807, 2.05) is 12.1 Å². The molecule has 0 unspecified atom stereocenters. The molecule has 6 heteroatoms. The van der Waals surface area contributed by atoms with E-state index in [4.69, 9.17) is 0 Å². The highest BCUT2D eigenvalue weighted by atomic mass is 127. The van der Waals surface area contributed by atoms with Crippen molar-refractivity contribution < 1.29 is 0 Å². The van der Waals surface area contributed by atoms with Crippen molar-refractivity contribution in [3.63, 3.8) is 0 Å². The number of rotatable bonds is 5. The van der Waals surface area contributed by atoms with Crippen molar-refractivity contribution in [1.82, 2.24) is 4.98 Å². The van der Waals surface area contributed by atoms with Crippen LogP contribution >= 0.6 is 45.3 Å². The third kappa shape index (κ3) is 3.87. The van der Waals surface area contributed by atoms with Gasteiger partial charge >= 0.3 is 0 Å². The van der Waals surface area contributed by atoms with E-state index in [0.29, 0.717) is 0 Å². The minimum Gasteiger partial charge on any atom is -0.219 e. The summed E-state index contributed by atoms with van der Waals surface area (Å²) in [6.07, 6.45) is 3.60. The monoisotopic (exact) mass is 427 g/mol. The fourth-order valence-electron chi connectivity index (χ4n) is 1.96. The molecule has 0 amide bonds. The van der Waals surface area contributed by atoms with Crippen LogP contribution in [0.2, 0.25) is 0 Å². The predicted molar refractivity (Wildman–Crippen MR) is 99.4 cm³/mol. The van der Waals surface area contributed by atoms with Crippen molar-refractivity contribution in [3.05, 3.63) is 38.9 Å². The molecule has 3 nitrogen and oxygen atoms in total. The molecule has 0 aliphatic heterocycles. The van der Waals surface area contributed by atoms with Gasteiger partial charge in [0.15, 0.2) is 3.01 Å². The Bertz CT molecular complexity index is 727. The first-order valence-corrected chi connectivity index (χ1v) is 9.52. The maximum absolute atomic E-state index is 4.45. The maximum Gasteiger partial charge on any atom is 0.156 e. The summed E-state index contributed by atoms with van der Waals surface area (Å²) in [5, 5.41) is 9.53. The minimum atomic E-state index is 0.898. The van der Waals surface area contributed by atoms with Gasteiger partial charge < -0.3 is 0 Å². The number of hydrogen-bond donors (Lipinski definition) is 0. The van der Waals surface area contributed by atoms with Crippen molar-refractivity contribution in [2.45, 2.75) is 26.2 Å². The topological polar surface area (TPSA) is 37.6 Å². The molecule has 2 heterocycles. The molecule has 0 radical (unpaired) electrons. The summed E-state index contributed by atoms with van der Waals surface area (Å²) in [4.78, 5) is 5.50. The van der Waals surface area contributed by atoms with E-state index in [-0.39, 0.29) is 0 Å². The zero-order valence-electron chi connectivity index (χ0n) is 11.5. The Morgan fingerprint density at radius 2 is 1.95 bits per heavy atom. The van der Waals surface area contributed by atoms with Gasteiger partial charge in [0.05, 0.1) is 10.4 Å². The molecule has 108 valence electrons. The lowest BCUT2D eigenvalue weighted by Gasteiger charge is -1.99. The molecule has 2 aromatic heterocycles. The zero-order valence-corrected chi connectivity index (χ0v) is 15.3. The van der Waals surface area contributed by atoms with Crippen LogP contribution in [0.5, 0.6) is 0 Å². The van der Waals surface area contributed by atoms with Crippen LogP contribution in [-0.4, -0.2) is 4.98 Å². The van der Waals surface area contributed by atoms with Crippen LogP contribution in [0.3, 0.4) is 0 Å². The first kappa shape index (κ1) is 15.1. The second kappa shape index (κ2) is 6.93. The normalized spacial score (nSPS) is 11.7. The van der Waals surface area contributed by atoms with Gasteiger partial charge in [0.2, 0.25) is 0 Å². The molecule has 3 rings (SSSR count). The molecule has 0 fully saturated rings. The van der Waals surface area contributed by atoms with Gasteiger partial charge in [-0.2, -0.15) is 0 Å². The number of halogens is 1. The van der Waals surface area contributed by atoms with Crippen molar-refractivity contribution in [2.24, 2.45) is 10.2 Å². The second-order valence-corrected chi connectivity index (χ2v) is 8.48. The van der Waals surface area contributed by atoms with Crippen LogP contribution in [0, 0.1) is 3.01 Å². The smallest absolute Gasteiger partial charge is 0.156 e. The van der Waals surface area contributed by atoms with Crippen LogP contribution in [-0.2, 0) is 6.42 Å². The number of azo groups is 1. The van der Waals surface area contributed by atoms with Crippen molar-refractivity contribution in [3.8, 4) is 0 Å². The molecule has 0 saturated heterocycles. The summed E-state index contributed by atoms with van der Waals surface area (Å²) < 4.78 is 2.26. The van der Waals surface area contributed by atoms with Gasteiger partial charge in [-0.3, -0.25) is 0 Å². The first-order valence-electron chi connectivity index (χ1n) is 6.81. The number of fused-ring (bicyclic) bond motifs is 1. The molecule has 0 N–H and O–H groups in total. The lowest BCUT2D eigenvalue weighted by molar-refractivity contribution is 0.795. The van der Waals surface area contributed by atoms with Gasteiger partial charge in [0.25, 0.3) is 0 Å². The highest BCUT2D eigenvalue weighted by Gasteiger charge is 2.06. The van der Waals surface area contributed by atoms with Crippen LogP contribution in [0.15, 0.2) is 40.6 Å². The van der Waals surface area contributed by atoms with Gasteiger partial charge in [-0.05, 0) is 59.2 Å². The summed E-state index contributed by atoms with van der Waals surface area (Å²) in [5.41, 5.74) is 2.26. The van der Waals surface area contributed by atoms with Gasteiger partial charge in [-0.25, -0.2) is 4.98 Å². The Hall–Kier alpha value is -0.860. The molecular weight excluding hydrogens is 413 g/mol. The van der Waals surface area contributed by atoms with E-state index in [1.54, 1.807) is 22.7 Å². The molecule has 1 aromatic carbocycles. The third-order valence-corrected chi connectivity index (χ3v) is 5.80. The minimum absolute atomic E-state index is 0.898. The average molecular weight is 427 g/mol. The number of benzene rings is 1. The number of hydrogen-bond acceptors (Lipinski definition) is 5. The molecule has 0 aliphatic carbocycles. The molecule has 0 spiro atoms. The first-order chi connectivity index (χ1) is 10.2. The molecule has 0 atom stereocenters. The lowest BCUT2D eigenvalue weighted by atomic mass is 10.1. The molecule has 0 aliphatic rings. The fourth-order valence-corrected chi connectivity index (χ4v) is 4.84. The van der Waals surface area contributed by atoms with E-state index in [9.17, 15) is 0 Å². The average Bonchev–Trinajstić information content (AvgIpc) is 3.01. The standard InChI is InChI=1S/C15H14IN3S2/c1-2-3-4-10-5-7-11(8-6-10)18-19-13-9-12-14(21-13)17-15(16)20-12/h5-9H,2-4H2,1H3. The Kier molecular flexibility index (Phi) is 4.97. The highest BCUT2D eigenvalue weighted by molar-refractivity contribution is 14.1. The summed E-state index contributed by atoms with van der Waals surface area (Å²) in [7, 11) is 0. The van der Waals surface area contributed by atoms with Crippen molar-refractivity contribution >= 4 is 65.5 Å². The van der Waals surface area contributed by atoms with Crippen molar-refractivity contribution in [2.75, 3.05) is 0 Å². The van der Waals surface area contributed by atoms with Gasteiger partial charge in [0, 0.05) is 0 Å². The second-order valence-electron chi connectivity index (χ2n) is 4.69. The van der Waals surface area contributed by atoms with Gasteiger partial charge in [-0.1, -0.05) is 36.8 Å². The Labute approximate surface area is 145 Å². The van der Waals surface area contributed by atoms with Crippen LogP contribution in [0.25, 0.3) is 9.53 Å². The number of nitrogens with zero attached hydrogens (tertiary/aromatic N) is 3. The number of unbranched alkanes of at least 4 members (excludes halogenated alkanes) is 1. The Balaban J connectivity index is 1.71. The summed E-state index contributed by atoms with van der Waals surface area (Å²) in [5.74, 6) is 0. The summed E-state index contributed by atoms with van der Waals surface area (Å²) in [6.45, 7) is 2.21. The molecule has 21 heavy (non-hydrogen) atoms. The summed E-state index contributed by atoms with van der Waals surface area (Å²) >= 11 is 5.52. The third-order valence-electron chi connectivity index (χ3n) is 3.07. The highest BCUT2D eigenvalue weighted by Crippen LogP contribution is 2.36. The SMILES string of the molecule is CCCCc1ccc(N=Nc2cc3sc(I)nc3s2)cc1. The van der Waals surface area contributed by atoms with Gasteiger partial charge in [0.1, 0.15) is 9.83 Å². The van der Waals surface area contributed by atoms with Crippen LogP contribution in [0.1, 0.15) is 25.3 Å². The molecular formula is C15H14IN3S2. The van der Waals surface area contributed by atoms with E-state index in [0.717, 1.165) is 25.0 Å². The Morgan fingerprint density at radius 1 is 1.14 bits per heavy atom. The van der Waals surface area contributed by atoms with E-state index < -0.39 is 0 Å². The molecule has 0 saturated carbocycles. The Morgan fingerprint density at radius 3 is 2.67 bits per heavy atom. The summed E-state index contributed by atoms with van der Waals surface area (Å²) in [6, 6.07) is 10.4. The molecule has 0 bridgehead atoms. The number of aryl methyl sites for hydroxylation is 1. The maximum atomic E-state index is 4.45. The van der Waals surface area contributed by atoms with E-state index in [1.165, 1.54) is 23.1 Å². The zero-order chi connectivity index (χ0) is 14.7. The number of thiazole rings is 1. The molecule has 3 aromatic rings. The predicted octanol–water partition coefficient (Wildman–Crippen LogP) is 6.72. The van der Waals surface area contributed by atoms with E-state index >= 15 is 0 Å². The fraction of sp³-hybridized carbons (Fsp3) is 0.267. The largest absolute Gasteiger partial charge is 0.219 e.